The van der Waals surface area contributed by atoms with Crippen molar-refractivity contribution in [3.05, 3.63) is 18.6 Å². The largest absolute Gasteiger partial charge is 0.394 e. The molecule has 2 bridgehead atoms. The van der Waals surface area contributed by atoms with Crippen LogP contribution in [-0.4, -0.2) is 62.6 Å². The van der Waals surface area contributed by atoms with Gasteiger partial charge in [0, 0.05) is 31.7 Å². The monoisotopic (exact) mass is 341 g/mol. The van der Waals surface area contributed by atoms with E-state index in [-0.39, 0.29) is 24.6 Å². The van der Waals surface area contributed by atoms with Gasteiger partial charge in [-0.3, -0.25) is 4.79 Å². The Morgan fingerprint density at radius 2 is 2.16 bits per heavy atom. The zero-order valence-corrected chi connectivity index (χ0v) is 14.1. The minimum Gasteiger partial charge on any atom is -0.394 e. The molecule has 25 heavy (non-hydrogen) atoms. The first-order valence-corrected chi connectivity index (χ1v) is 9.21. The lowest BCUT2D eigenvalue weighted by Gasteiger charge is -2.56. The summed E-state index contributed by atoms with van der Waals surface area (Å²) in [4.78, 5) is 28.9. The van der Waals surface area contributed by atoms with Crippen LogP contribution in [0.15, 0.2) is 18.6 Å². The van der Waals surface area contributed by atoms with Crippen molar-refractivity contribution in [3.8, 4) is 0 Å². The van der Waals surface area contributed by atoms with Crippen molar-refractivity contribution in [1.82, 2.24) is 19.9 Å². The second-order valence-corrected chi connectivity index (χ2v) is 7.61. The van der Waals surface area contributed by atoms with E-state index in [2.05, 4.69) is 19.9 Å². The summed E-state index contributed by atoms with van der Waals surface area (Å²) in [5.41, 5.74) is 0.855. The average molecular weight is 341 g/mol. The molecule has 2 N–H and O–H groups in total. The Hall–Kier alpha value is -2.15. The zero-order chi connectivity index (χ0) is 17.0. The number of carbonyl (C=O) groups excluding carboxylic acids is 1. The van der Waals surface area contributed by atoms with Crippen LogP contribution in [0.25, 0.3) is 11.0 Å². The van der Waals surface area contributed by atoms with Gasteiger partial charge in [-0.15, -0.1) is 0 Å². The van der Waals surface area contributed by atoms with E-state index in [0.29, 0.717) is 18.3 Å². The normalized spacial score (nSPS) is 32.1. The van der Waals surface area contributed by atoms with Crippen molar-refractivity contribution < 1.29 is 9.90 Å². The molecule has 0 spiro atoms. The number of H-pyrrole nitrogens is 1. The van der Waals surface area contributed by atoms with Gasteiger partial charge in [-0.2, -0.15) is 0 Å². The van der Waals surface area contributed by atoms with E-state index in [1.54, 1.807) is 6.33 Å². The lowest BCUT2D eigenvalue weighted by atomic mass is 9.72. The molecule has 1 amide bonds. The average Bonchev–Trinajstić information content (AvgIpc) is 3.11. The van der Waals surface area contributed by atoms with Crippen LogP contribution in [-0.2, 0) is 4.79 Å². The maximum atomic E-state index is 12.5. The lowest BCUT2D eigenvalue weighted by Crippen LogP contribution is -2.66. The Bertz CT molecular complexity index is 792. The van der Waals surface area contributed by atoms with E-state index in [9.17, 15) is 9.90 Å². The fraction of sp³-hybridized carbons (Fsp3) is 0.611. The van der Waals surface area contributed by atoms with Gasteiger partial charge in [0.15, 0.2) is 0 Å². The number of nitrogens with zero attached hydrogens (tertiary/aromatic N) is 4. The SMILES string of the molecule is O=C1CCC[C@H]2[C@@H]3C[C@@H](CN(c4ncnc5[nH]ccc45)C3)[C@H](CO)N12. The fourth-order valence-corrected chi connectivity index (χ4v) is 5.29. The topological polar surface area (TPSA) is 85.3 Å². The van der Waals surface area contributed by atoms with E-state index >= 15 is 0 Å². The Kier molecular flexibility index (Phi) is 3.45. The first-order chi connectivity index (χ1) is 12.3. The van der Waals surface area contributed by atoms with E-state index in [0.717, 1.165) is 49.2 Å². The van der Waals surface area contributed by atoms with Crippen molar-refractivity contribution in [1.29, 1.82) is 0 Å². The number of aliphatic hydroxyl groups excluding tert-OH is 1. The zero-order valence-electron chi connectivity index (χ0n) is 14.1. The molecule has 3 aliphatic heterocycles. The molecule has 0 unspecified atom stereocenters. The van der Waals surface area contributed by atoms with Gasteiger partial charge >= 0.3 is 0 Å². The van der Waals surface area contributed by atoms with Gasteiger partial charge < -0.3 is 19.9 Å². The number of hydrogen-bond acceptors (Lipinski definition) is 5. The van der Waals surface area contributed by atoms with Gasteiger partial charge in [-0.05, 0) is 37.2 Å². The molecule has 3 fully saturated rings. The van der Waals surface area contributed by atoms with Gasteiger partial charge in [0.2, 0.25) is 5.91 Å². The smallest absolute Gasteiger partial charge is 0.223 e. The van der Waals surface area contributed by atoms with Crippen LogP contribution in [0.2, 0.25) is 0 Å². The molecule has 0 aliphatic carbocycles. The van der Waals surface area contributed by atoms with Gasteiger partial charge in [-0.25, -0.2) is 9.97 Å². The minimum absolute atomic E-state index is 0.0524. The number of rotatable bonds is 2. The number of hydrogen-bond donors (Lipinski definition) is 2. The summed E-state index contributed by atoms with van der Waals surface area (Å²) in [6.07, 6.45) is 7.25. The summed E-state index contributed by atoms with van der Waals surface area (Å²) < 4.78 is 0. The summed E-state index contributed by atoms with van der Waals surface area (Å²) in [6.45, 7) is 1.80. The molecule has 4 atom stereocenters. The van der Waals surface area contributed by atoms with Gasteiger partial charge in [-0.1, -0.05) is 0 Å². The molecule has 3 saturated heterocycles. The van der Waals surface area contributed by atoms with E-state index < -0.39 is 0 Å². The van der Waals surface area contributed by atoms with Crippen LogP contribution in [0.3, 0.4) is 0 Å². The molecule has 3 aliphatic rings. The molecule has 5 rings (SSSR count). The maximum absolute atomic E-state index is 12.5. The van der Waals surface area contributed by atoms with Crippen molar-refractivity contribution >= 4 is 22.8 Å². The van der Waals surface area contributed by atoms with Crippen LogP contribution in [0.5, 0.6) is 0 Å². The third-order valence-corrected chi connectivity index (χ3v) is 6.32. The lowest BCUT2D eigenvalue weighted by molar-refractivity contribution is -0.150. The summed E-state index contributed by atoms with van der Waals surface area (Å²) >= 11 is 0. The van der Waals surface area contributed by atoms with Gasteiger partial charge in [0.05, 0.1) is 18.0 Å². The molecule has 132 valence electrons. The second kappa shape index (κ2) is 5.69. The first-order valence-electron chi connectivity index (χ1n) is 9.21. The molecular formula is C18H23N5O2. The molecule has 0 aromatic carbocycles. The summed E-state index contributed by atoms with van der Waals surface area (Å²) in [5.74, 6) is 1.95. The van der Waals surface area contributed by atoms with Crippen LogP contribution in [0, 0.1) is 11.8 Å². The van der Waals surface area contributed by atoms with E-state index in [4.69, 9.17) is 0 Å². The van der Waals surface area contributed by atoms with Crippen molar-refractivity contribution in [3.63, 3.8) is 0 Å². The highest BCUT2D eigenvalue weighted by atomic mass is 16.3. The number of nitrogens with one attached hydrogen (secondary N) is 1. The molecule has 7 nitrogen and oxygen atoms in total. The molecule has 2 aromatic heterocycles. The standard InChI is InChI=1S/C18H23N5O2/c24-9-15-12-6-11(14-2-1-3-16(25)23(14)15)7-22(8-12)18-13-4-5-19-17(13)20-10-21-18/h4-5,10-12,14-15,24H,1-3,6-9H2,(H,19,20,21)/t11-,12+,14+,15+/m1/s1. The van der Waals surface area contributed by atoms with Crippen LogP contribution < -0.4 is 4.90 Å². The molecule has 5 heterocycles. The summed E-state index contributed by atoms with van der Waals surface area (Å²) in [5, 5.41) is 11.1. The summed E-state index contributed by atoms with van der Waals surface area (Å²) in [7, 11) is 0. The number of amides is 1. The predicted molar refractivity (Wildman–Crippen MR) is 93.1 cm³/mol. The Balaban J connectivity index is 1.51. The molecule has 0 saturated carbocycles. The number of aromatic amines is 1. The Morgan fingerprint density at radius 3 is 3.04 bits per heavy atom. The van der Waals surface area contributed by atoms with E-state index in [1.807, 2.05) is 17.2 Å². The number of piperidine rings is 3. The molecule has 0 radical (unpaired) electrons. The first kappa shape index (κ1) is 15.1. The quantitative estimate of drug-likeness (QED) is 0.856. The molecule has 7 heteroatoms. The van der Waals surface area contributed by atoms with Crippen molar-refractivity contribution in [2.24, 2.45) is 11.8 Å². The Morgan fingerprint density at radius 1 is 1.28 bits per heavy atom. The van der Waals surface area contributed by atoms with Crippen molar-refractivity contribution in [2.75, 3.05) is 24.6 Å². The third-order valence-electron chi connectivity index (χ3n) is 6.32. The van der Waals surface area contributed by atoms with Crippen LogP contribution >= 0.6 is 0 Å². The Labute approximate surface area is 146 Å². The van der Waals surface area contributed by atoms with Crippen LogP contribution in [0.4, 0.5) is 5.82 Å². The highest BCUT2D eigenvalue weighted by Gasteiger charge is 2.49. The number of anilines is 1. The van der Waals surface area contributed by atoms with Crippen molar-refractivity contribution in [2.45, 2.75) is 37.8 Å². The number of fused-ring (bicyclic) bond motifs is 5. The van der Waals surface area contributed by atoms with Crippen LogP contribution in [0.1, 0.15) is 25.7 Å². The third kappa shape index (κ3) is 2.25. The minimum atomic E-state index is -0.0552. The fourth-order valence-electron chi connectivity index (χ4n) is 5.29. The molecule has 2 aromatic rings. The van der Waals surface area contributed by atoms with Gasteiger partial charge in [0.1, 0.15) is 17.8 Å². The highest BCUT2D eigenvalue weighted by Crippen LogP contribution is 2.42. The number of aromatic nitrogens is 3. The number of carbonyl (C=O) groups is 1. The molecular weight excluding hydrogens is 318 g/mol. The predicted octanol–water partition coefficient (Wildman–Crippen LogP) is 1.16. The highest BCUT2D eigenvalue weighted by molar-refractivity contribution is 5.87. The second-order valence-electron chi connectivity index (χ2n) is 7.61. The van der Waals surface area contributed by atoms with E-state index in [1.165, 1.54) is 0 Å². The summed E-state index contributed by atoms with van der Waals surface area (Å²) in [6, 6.07) is 2.23. The number of aliphatic hydroxyl groups is 1. The van der Waals surface area contributed by atoms with Gasteiger partial charge in [0.25, 0.3) is 0 Å². The maximum Gasteiger partial charge on any atom is 0.223 e.